The van der Waals surface area contributed by atoms with Crippen LogP contribution in [0, 0.1) is 11.6 Å². The van der Waals surface area contributed by atoms with Gasteiger partial charge in [0.1, 0.15) is 12.4 Å². The number of hydrogen-bond acceptors (Lipinski definition) is 4. The van der Waals surface area contributed by atoms with Gasteiger partial charge in [0.05, 0.1) is 10.9 Å². The fourth-order valence-corrected chi connectivity index (χ4v) is 2.44. The molecule has 0 unspecified atom stereocenters. The third-order valence-corrected chi connectivity index (χ3v) is 3.88. The van der Waals surface area contributed by atoms with Crippen LogP contribution in [0.4, 0.5) is 14.5 Å². The first-order chi connectivity index (χ1) is 10.8. The van der Waals surface area contributed by atoms with Crippen LogP contribution in [-0.4, -0.2) is 21.1 Å². The zero-order valence-corrected chi connectivity index (χ0v) is 13.1. The van der Waals surface area contributed by atoms with Crippen LogP contribution in [0.3, 0.4) is 0 Å². The number of ether oxygens (including phenoxy) is 1. The van der Waals surface area contributed by atoms with Crippen LogP contribution in [-0.2, 0) is 10.0 Å². The Balaban J connectivity index is 1.97. The molecule has 0 saturated carbocycles. The summed E-state index contributed by atoms with van der Waals surface area (Å²) in [5, 5.41) is 8.11. The second-order valence-electron chi connectivity index (χ2n) is 5.01. The van der Waals surface area contributed by atoms with Crippen molar-refractivity contribution in [2.45, 2.75) is 17.9 Å². The molecule has 1 atom stereocenters. The first-order valence-corrected chi connectivity index (χ1v) is 8.27. The summed E-state index contributed by atoms with van der Waals surface area (Å²) in [4.78, 5) is -0.00350. The molecule has 23 heavy (non-hydrogen) atoms. The summed E-state index contributed by atoms with van der Waals surface area (Å²) in [5.41, 5.74) is 0.554. The van der Waals surface area contributed by atoms with Gasteiger partial charge in [0, 0.05) is 11.8 Å². The fraction of sp³-hybridized carbons (Fsp3) is 0.200. The maximum atomic E-state index is 13.1. The number of sulfonamides is 1. The van der Waals surface area contributed by atoms with E-state index in [1.807, 2.05) is 0 Å². The minimum absolute atomic E-state index is 0.00350. The number of nitrogens with one attached hydrogen (secondary N) is 1. The molecular weight excluding hydrogens is 326 g/mol. The summed E-state index contributed by atoms with van der Waals surface area (Å²) in [6.45, 7) is 1.97. The van der Waals surface area contributed by atoms with E-state index in [4.69, 9.17) is 9.88 Å². The van der Waals surface area contributed by atoms with E-state index in [9.17, 15) is 17.2 Å². The van der Waals surface area contributed by atoms with Crippen molar-refractivity contribution in [3.8, 4) is 5.75 Å². The Morgan fingerprint density at radius 2 is 1.91 bits per heavy atom. The number of benzene rings is 2. The molecule has 0 heterocycles. The Labute approximate surface area is 133 Å². The first kappa shape index (κ1) is 17.2. The number of hydrogen-bond donors (Lipinski definition) is 2. The molecule has 3 N–H and O–H groups in total. The topological polar surface area (TPSA) is 81.4 Å². The minimum Gasteiger partial charge on any atom is -0.491 e. The zero-order valence-electron chi connectivity index (χ0n) is 12.3. The Kier molecular flexibility index (Phi) is 5.17. The minimum atomic E-state index is -3.77. The van der Waals surface area contributed by atoms with Crippen molar-refractivity contribution < 1.29 is 21.9 Å². The Morgan fingerprint density at radius 1 is 1.17 bits per heavy atom. The van der Waals surface area contributed by atoms with Crippen LogP contribution >= 0.6 is 0 Å². The second-order valence-corrected chi connectivity index (χ2v) is 6.57. The van der Waals surface area contributed by atoms with Crippen molar-refractivity contribution >= 4 is 15.7 Å². The lowest BCUT2D eigenvalue weighted by Crippen LogP contribution is -2.23. The van der Waals surface area contributed by atoms with E-state index in [1.165, 1.54) is 18.2 Å². The summed E-state index contributed by atoms with van der Waals surface area (Å²) in [7, 11) is -3.77. The Morgan fingerprint density at radius 3 is 2.57 bits per heavy atom. The number of halogens is 2. The van der Waals surface area contributed by atoms with Crippen LogP contribution in [0.15, 0.2) is 47.4 Å². The summed E-state index contributed by atoms with van der Waals surface area (Å²) >= 11 is 0. The van der Waals surface area contributed by atoms with Gasteiger partial charge < -0.3 is 10.1 Å². The summed E-state index contributed by atoms with van der Waals surface area (Å²) in [6, 6.07) is 9.10. The monoisotopic (exact) mass is 342 g/mol. The third-order valence-electron chi connectivity index (χ3n) is 2.97. The highest BCUT2D eigenvalue weighted by Crippen LogP contribution is 2.17. The van der Waals surface area contributed by atoms with Crippen LogP contribution in [0.25, 0.3) is 0 Å². The molecule has 8 heteroatoms. The summed E-state index contributed by atoms with van der Waals surface area (Å²) in [6.07, 6.45) is 0. The molecule has 0 fully saturated rings. The molecule has 0 aliphatic rings. The molecule has 0 saturated heterocycles. The highest BCUT2D eigenvalue weighted by molar-refractivity contribution is 7.89. The van der Waals surface area contributed by atoms with Gasteiger partial charge in [-0.15, -0.1) is 0 Å². The average molecular weight is 342 g/mol. The third kappa shape index (κ3) is 4.90. The van der Waals surface area contributed by atoms with Crippen LogP contribution in [0.1, 0.15) is 6.92 Å². The smallest absolute Gasteiger partial charge is 0.238 e. The maximum absolute atomic E-state index is 13.1. The molecule has 2 rings (SSSR count). The zero-order chi connectivity index (χ0) is 17.0. The van der Waals surface area contributed by atoms with Crippen molar-refractivity contribution in [1.82, 2.24) is 0 Å². The van der Waals surface area contributed by atoms with Gasteiger partial charge in [-0.2, -0.15) is 0 Å². The van der Waals surface area contributed by atoms with E-state index in [-0.39, 0.29) is 23.3 Å². The van der Waals surface area contributed by atoms with Crippen LogP contribution in [0.2, 0.25) is 0 Å². The van der Waals surface area contributed by atoms with E-state index in [0.717, 1.165) is 12.1 Å². The predicted molar refractivity (Wildman–Crippen MR) is 82.8 cm³/mol. The van der Waals surface area contributed by atoms with Gasteiger partial charge in [0.2, 0.25) is 10.0 Å². The standard InChI is InChI=1S/C15H16F2N2O3S/c1-10(9-22-12-5-6-14(16)15(17)8-12)19-11-3-2-4-13(7-11)23(18,20)21/h2-8,10,19H,9H2,1H3,(H2,18,20,21)/t10-/m0/s1. The number of rotatable bonds is 6. The van der Waals surface area contributed by atoms with E-state index in [0.29, 0.717) is 5.69 Å². The number of primary sulfonamides is 1. The van der Waals surface area contributed by atoms with Crippen molar-refractivity contribution in [2.24, 2.45) is 5.14 Å². The Hall–Kier alpha value is -2.19. The first-order valence-electron chi connectivity index (χ1n) is 6.73. The highest BCUT2D eigenvalue weighted by Gasteiger charge is 2.10. The normalized spacial score (nSPS) is 12.7. The summed E-state index contributed by atoms with van der Waals surface area (Å²) < 4.78 is 53.8. The molecule has 0 bridgehead atoms. The van der Waals surface area contributed by atoms with E-state index in [1.54, 1.807) is 19.1 Å². The van der Waals surface area contributed by atoms with Gasteiger partial charge in [-0.1, -0.05) is 6.07 Å². The lowest BCUT2D eigenvalue weighted by molar-refractivity contribution is 0.301. The number of anilines is 1. The average Bonchev–Trinajstić information content (AvgIpc) is 2.48. The molecule has 0 radical (unpaired) electrons. The molecule has 0 aliphatic heterocycles. The molecule has 124 valence electrons. The molecule has 0 spiro atoms. The molecule has 0 aliphatic carbocycles. The molecule has 5 nitrogen and oxygen atoms in total. The van der Waals surface area contributed by atoms with Gasteiger partial charge >= 0.3 is 0 Å². The molecule has 0 amide bonds. The van der Waals surface area contributed by atoms with Gasteiger partial charge in [0.25, 0.3) is 0 Å². The highest BCUT2D eigenvalue weighted by atomic mass is 32.2. The lowest BCUT2D eigenvalue weighted by Gasteiger charge is -2.16. The fourth-order valence-electron chi connectivity index (χ4n) is 1.88. The largest absolute Gasteiger partial charge is 0.491 e. The van der Waals surface area contributed by atoms with Crippen LogP contribution < -0.4 is 15.2 Å². The predicted octanol–water partition coefficient (Wildman–Crippen LogP) is 2.49. The maximum Gasteiger partial charge on any atom is 0.238 e. The second kappa shape index (κ2) is 6.93. The SMILES string of the molecule is C[C@@H](COc1ccc(F)c(F)c1)Nc1cccc(S(N)(=O)=O)c1. The van der Waals surface area contributed by atoms with Crippen molar-refractivity contribution in [3.63, 3.8) is 0 Å². The van der Waals surface area contributed by atoms with Crippen molar-refractivity contribution in [1.29, 1.82) is 0 Å². The Bertz CT molecular complexity index is 797. The number of nitrogens with two attached hydrogens (primary N) is 1. The lowest BCUT2D eigenvalue weighted by atomic mass is 10.2. The van der Waals surface area contributed by atoms with Crippen LogP contribution in [0.5, 0.6) is 5.75 Å². The van der Waals surface area contributed by atoms with Crippen molar-refractivity contribution in [2.75, 3.05) is 11.9 Å². The van der Waals surface area contributed by atoms with Gasteiger partial charge in [0.15, 0.2) is 11.6 Å². The molecule has 2 aromatic rings. The van der Waals surface area contributed by atoms with Gasteiger partial charge in [-0.3, -0.25) is 0 Å². The quantitative estimate of drug-likeness (QED) is 0.845. The molecular formula is C15H16F2N2O3S. The molecule has 0 aromatic heterocycles. The van der Waals surface area contributed by atoms with Crippen molar-refractivity contribution in [3.05, 3.63) is 54.1 Å². The van der Waals surface area contributed by atoms with E-state index >= 15 is 0 Å². The van der Waals surface area contributed by atoms with E-state index < -0.39 is 21.7 Å². The molecule has 2 aromatic carbocycles. The van der Waals surface area contributed by atoms with Gasteiger partial charge in [-0.05, 0) is 37.3 Å². The summed E-state index contributed by atoms with van der Waals surface area (Å²) in [5.74, 6) is -1.72. The van der Waals surface area contributed by atoms with Gasteiger partial charge in [-0.25, -0.2) is 22.3 Å². The van der Waals surface area contributed by atoms with E-state index in [2.05, 4.69) is 5.32 Å².